The van der Waals surface area contributed by atoms with Crippen LogP contribution in [0.15, 0.2) is 18.2 Å². The van der Waals surface area contributed by atoms with Gasteiger partial charge in [-0.25, -0.2) is 0 Å². The Morgan fingerprint density at radius 2 is 2.19 bits per heavy atom. The SMILES string of the molecule is OCc1cccc(Cl)c1OC1CCCC1O. The Morgan fingerprint density at radius 1 is 1.38 bits per heavy atom. The van der Waals surface area contributed by atoms with Crippen LogP contribution in [0.1, 0.15) is 24.8 Å². The van der Waals surface area contributed by atoms with E-state index in [9.17, 15) is 10.2 Å². The molecule has 2 atom stereocenters. The maximum atomic E-state index is 9.67. The number of benzene rings is 1. The highest BCUT2D eigenvalue weighted by molar-refractivity contribution is 6.32. The van der Waals surface area contributed by atoms with Gasteiger partial charge in [-0.2, -0.15) is 0 Å². The quantitative estimate of drug-likeness (QED) is 0.854. The van der Waals surface area contributed by atoms with Crippen molar-refractivity contribution < 1.29 is 14.9 Å². The monoisotopic (exact) mass is 242 g/mol. The van der Waals surface area contributed by atoms with E-state index in [0.29, 0.717) is 16.3 Å². The summed E-state index contributed by atoms with van der Waals surface area (Å²) in [4.78, 5) is 0. The Hall–Kier alpha value is -0.770. The van der Waals surface area contributed by atoms with Crippen LogP contribution >= 0.6 is 11.6 Å². The summed E-state index contributed by atoms with van der Waals surface area (Å²) >= 11 is 6.02. The first-order valence-electron chi connectivity index (χ1n) is 5.45. The van der Waals surface area contributed by atoms with Crippen molar-refractivity contribution in [2.45, 2.75) is 38.1 Å². The minimum absolute atomic E-state index is 0.112. The molecule has 2 unspecified atom stereocenters. The van der Waals surface area contributed by atoms with Gasteiger partial charge in [0.05, 0.1) is 17.7 Å². The van der Waals surface area contributed by atoms with E-state index in [2.05, 4.69) is 0 Å². The van der Waals surface area contributed by atoms with Crippen molar-refractivity contribution in [2.75, 3.05) is 0 Å². The molecule has 2 rings (SSSR count). The second-order valence-electron chi connectivity index (χ2n) is 4.04. The van der Waals surface area contributed by atoms with Gasteiger partial charge >= 0.3 is 0 Å². The first kappa shape index (κ1) is 11.7. The highest BCUT2D eigenvalue weighted by atomic mass is 35.5. The number of halogens is 1. The number of para-hydroxylation sites is 1. The van der Waals surface area contributed by atoms with Gasteiger partial charge in [-0.05, 0) is 25.3 Å². The van der Waals surface area contributed by atoms with Gasteiger partial charge in [0.1, 0.15) is 11.9 Å². The lowest BCUT2D eigenvalue weighted by molar-refractivity contribution is 0.0589. The molecule has 1 aromatic rings. The van der Waals surface area contributed by atoms with Crippen LogP contribution in [0.2, 0.25) is 5.02 Å². The van der Waals surface area contributed by atoms with E-state index in [-0.39, 0.29) is 12.7 Å². The van der Waals surface area contributed by atoms with E-state index >= 15 is 0 Å². The maximum Gasteiger partial charge on any atom is 0.143 e. The van der Waals surface area contributed by atoms with Gasteiger partial charge in [0, 0.05) is 5.56 Å². The maximum absolute atomic E-state index is 9.67. The second-order valence-corrected chi connectivity index (χ2v) is 4.45. The zero-order chi connectivity index (χ0) is 11.5. The number of aliphatic hydroxyl groups excluding tert-OH is 2. The Balaban J connectivity index is 2.19. The van der Waals surface area contributed by atoms with Crippen molar-refractivity contribution in [1.29, 1.82) is 0 Å². The summed E-state index contributed by atoms with van der Waals surface area (Å²) < 4.78 is 5.70. The van der Waals surface area contributed by atoms with Crippen molar-refractivity contribution in [2.24, 2.45) is 0 Å². The molecule has 1 aliphatic rings. The molecule has 1 aromatic carbocycles. The molecule has 0 spiro atoms. The van der Waals surface area contributed by atoms with Crippen LogP contribution < -0.4 is 4.74 Å². The van der Waals surface area contributed by atoms with E-state index in [4.69, 9.17) is 16.3 Å². The van der Waals surface area contributed by atoms with Gasteiger partial charge in [0.25, 0.3) is 0 Å². The molecule has 0 amide bonds. The van der Waals surface area contributed by atoms with Gasteiger partial charge < -0.3 is 14.9 Å². The molecule has 0 bridgehead atoms. The van der Waals surface area contributed by atoms with Crippen LogP contribution in [0.25, 0.3) is 0 Å². The van der Waals surface area contributed by atoms with Crippen molar-refractivity contribution in [3.8, 4) is 5.75 Å². The van der Waals surface area contributed by atoms with Crippen molar-refractivity contribution in [1.82, 2.24) is 0 Å². The van der Waals surface area contributed by atoms with E-state index in [1.807, 2.05) is 0 Å². The topological polar surface area (TPSA) is 49.7 Å². The zero-order valence-corrected chi connectivity index (χ0v) is 9.65. The predicted molar refractivity (Wildman–Crippen MR) is 61.6 cm³/mol. The largest absolute Gasteiger partial charge is 0.486 e. The molecule has 1 saturated carbocycles. The molecule has 3 nitrogen and oxygen atoms in total. The Kier molecular flexibility index (Phi) is 3.69. The van der Waals surface area contributed by atoms with E-state index < -0.39 is 6.10 Å². The molecule has 0 heterocycles. The van der Waals surface area contributed by atoms with Crippen molar-refractivity contribution in [3.05, 3.63) is 28.8 Å². The molecule has 0 aromatic heterocycles. The van der Waals surface area contributed by atoms with Crippen LogP contribution in [0.3, 0.4) is 0 Å². The molecular weight excluding hydrogens is 228 g/mol. The summed E-state index contributed by atoms with van der Waals surface area (Å²) in [5.41, 5.74) is 0.659. The van der Waals surface area contributed by atoms with Crippen molar-refractivity contribution in [3.63, 3.8) is 0 Å². The smallest absolute Gasteiger partial charge is 0.143 e. The fraction of sp³-hybridized carbons (Fsp3) is 0.500. The van der Waals surface area contributed by atoms with Gasteiger partial charge in [-0.3, -0.25) is 0 Å². The fourth-order valence-corrected chi connectivity index (χ4v) is 2.24. The summed E-state index contributed by atoms with van der Waals surface area (Å²) in [6.45, 7) is -0.112. The van der Waals surface area contributed by atoms with E-state index in [1.54, 1.807) is 18.2 Å². The molecule has 0 saturated heterocycles. The van der Waals surface area contributed by atoms with Crippen LogP contribution in [0, 0.1) is 0 Å². The van der Waals surface area contributed by atoms with E-state index in [0.717, 1.165) is 19.3 Å². The predicted octanol–water partition coefficient (Wildman–Crippen LogP) is 2.12. The van der Waals surface area contributed by atoms with E-state index in [1.165, 1.54) is 0 Å². The molecular formula is C12H15ClO3. The summed E-state index contributed by atoms with van der Waals surface area (Å²) in [5, 5.41) is 19.3. The number of hydrogen-bond acceptors (Lipinski definition) is 3. The number of hydrogen-bond donors (Lipinski definition) is 2. The Bertz CT molecular complexity index is 367. The molecule has 0 radical (unpaired) electrons. The minimum atomic E-state index is -0.428. The third-order valence-electron chi connectivity index (χ3n) is 2.91. The van der Waals surface area contributed by atoms with Crippen LogP contribution in [0.4, 0.5) is 0 Å². The lowest BCUT2D eigenvalue weighted by Gasteiger charge is -2.19. The highest BCUT2D eigenvalue weighted by Crippen LogP contribution is 2.33. The average molecular weight is 243 g/mol. The zero-order valence-electron chi connectivity index (χ0n) is 8.90. The Morgan fingerprint density at radius 3 is 2.81 bits per heavy atom. The summed E-state index contributed by atoms with van der Waals surface area (Å²) in [5.74, 6) is 0.498. The molecule has 4 heteroatoms. The van der Waals surface area contributed by atoms with Gasteiger partial charge in [-0.15, -0.1) is 0 Å². The molecule has 16 heavy (non-hydrogen) atoms. The molecule has 88 valence electrons. The average Bonchev–Trinajstić information content (AvgIpc) is 2.67. The van der Waals surface area contributed by atoms with Crippen LogP contribution in [0.5, 0.6) is 5.75 Å². The van der Waals surface area contributed by atoms with Crippen LogP contribution in [-0.4, -0.2) is 22.4 Å². The number of rotatable bonds is 3. The van der Waals surface area contributed by atoms with Gasteiger partial charge in [-0.1, -0.05) is 23.7 Å². The minimum Gasteiger partial charge on any atom is -0.486 e. The molecule has 1 fully saturated rings. The third-order valence-corrected chi connectivity index (χ3v) is 3.20. The number of ether oxygens (including phenoxy) is 1. The highest BCUT2D eigenvalue weighted by Gasteiger charge is 2.28. The van der Waals surface area contributed by atoms with Gasteiger partial charge in [0.2, 0.25) is 0 Å². The fourth-order valence-electron chi connectivity index (χ4n) is 2.01. The van der Waals surface area contributed by atoms with Crippen LogP contribution in [-0.2, 0) is 6.61 Å². The lowest BCUT2D eigenvalue weighted by Crippen LogP contribution is -2.26. The third kappa shape index (κ3) is 2.32. The second kappa shape index (κ2) is 5.04. The summed E-state index contributed by atoms with van der Waals surface area (Å²) in [6.07, 6.45) is 1.93. The molecule has 2 N–H and O–H groups in total. The lowest BCUT2D eigenvalue weighted by atomic mass is 10.2. The summed E-state index contributed by atoms with van der Waals surface area (Å²) in [7, 11) is 0. The first-order chi connectivity index (χ1) is 7.72. The number of aliphatic hydroxyl groups is 2. The summed E-state index contributed by atoms with van der Waals surface area (Å²) in [6, 6.07) is 5.26. The standard InChI is InChI=1S/C12H15ClO3/c13-9-4-1-3-8(7-14)12(9)16-11-6-2-5-10(11)15/h1,3-4,10-11,14-15H,2,5-7H2. The molecule has 0 aliphatic heterocycles. The molecule has 1 aliphatic carbocycles. The van der Waals surface area contributed by atoms with Crippen molar-refractivity contribution >= 4 is 11.6 Å². The van der Waals surface area contributed by atoms with Gasteiger partial charge in [0.15, 0.2) is 0 Å². The first-order valence-corrected chi connectivity index (χ1v) is 5.83. The Labute approximate surface area is 99.6 Å². The normalized spacial score (nSPS) is 24.7.